The van der Waals surface area contributed by atoms with Gasteiger partial charge in [-0.2, -0.15) is 4.31 Å². The minimum atomic E-state index is -3.38. The quantitative estimate of drug-likeness (QED) is 0.877. The largest absolute Gasteiger partial charge is 0.384 e. The van der Waals surface area contributed by atoms with Crippen LogP contribution in [0.1, 0.15) is 19.8 Å². The number of aromatic nitrogens is 1. The van der Waals surface area contributed by atoms with E-state index in [1.165, 1.54) is 22.6 Å². The molecule has 0 radical (unpaired) electrons. The Hall–Kier alpha value is -1.14. The van der Waals surface area contributed by atoms with Gasteiger partial charge in [0.05, 0.1) is 0 Å². The molecule has 0 aliphatic carbocycles. The van der Waals surface area contributed by atoms with Crippen molar-refractivity contribution in [3.05, 3.63) is 18.3 Å². The molecule has 2 N–H and O–H groups in total. The average Bonchev–Trinajstić information content (AvgIpc) is 2.78. The number of rotatable bonds is 3. The number of nitrogen functional groups attached to an aromatic ring is 1. The van der Waals surface area contributed by atoms with Crippen LogP contribution in [0, 0.1) is 5.92 Å². The van der Waals surface area contributed by atoms with Gasteiger partial charge in [0.1, 0.15) is 10.7 Å². The number of nitrogens with two attached hydrogens (primary N) is 1. The first-order chi connectivity index (χ1) is 8.04. The Bertz CT molecular complexity index is 484. The lowest BCUT2D eigenvalue weighted by Crippen LogP contribution is -2.29. The molecular formula is C11H17N3O2S. The highest BCUT2D eigenvalue weighted by molar-refractivity contribution is 7.89. The molecule has 1 aromatic heterocycles. The van der Waals surface area contributed by atoms with Crippen molar-refractivity contribution in [2.45, 2.75) is 24.7 Å². The monoisotopic (exact) mass is 255 g/mol. The van der Waals surface area contributed by atoms with Gasteiger partial charge >= 0.3 is 0 Å². The summed E-state index contributed by atoms with van der Waals surface area (Å²) in [5, 5.41) is 0. The lowest BCUT2D eigenvalue weighted by molar-refractivity contribution is 0.453. The van der Waals surface area contributed by atoms with Crippen LogP contribution in [0.2, 0.25) is 0 Å². The molecule has 1 aromatic rings. The van der Waals surface area contributed by atoms with Crippen LogP contribution in [0.3, 0.4) is 0 Å². The fraction of sp³-hybridized carbons (Fsp3) is 0.545. The van der Waals surface area contributed by atoms with Gasteiger partial charge in [-0.3, -0.25) is 0 Å². The van der Waals surface area contributed by atoms with E-state index < -0.39 is 10.0 Å². The predicted octanol–water partition coefficient (Wildman–Crippen LogP) is 1.08. The van der Waals surface area contributed by atoms with E-state index >= 15 is 0 Å². The first-order valence-electron chi connectivity index (χ1n) is 5.75. The molecule has 1 aliphatic rings. The van der Waals surface area contributed by atoms with E-state index in [2.05, 4.69) is 11.9 Å². The molecule has 0 amide bonds. The lowest BCUT2D eigenvalue weighted by Gasteiger charge is -2.16. The topological polar surface area (TPSA) is 76.3 Å². The predicted molar refractivity (Wildman–Crippen MR) is 65.8 cm³/mol. The minimum absolute atomic E-state index is 0.225. The van der Waals surface area contributed by atoms with Crippen molar-refractivity contribution in [2.75, 3.05) is 18.8 Å². The van der Waals surface area contributed by atoms with Crippen molar-refractivity contribution in [3.8, 4) is 0 Å². The minimum Gasteiger partial charge on any atom is -0.384 e. The molecule has 0 bridgehead atoms. The van der Waals surface area contributed by atoms with E-state index in [9.17, 15) is 8.42 Å². The molecule has 2 heterocycles. The Labute approximate surface area is 102 Å². The fourth-order valence-corrected chi connectivity index (χ4v) is 3.52. The molecule has 6 heteroatoms. The van der Waals surface area contributed by atoms with E-state index in [1.807, 2.05) is 0 Å². The summed E-state index contributed by atoms with van der Waals surface area (Å²) in [4.78, 5) is 4.05. The third-order valence-corrected chi connectivity index (χ3v) is 5.07. The first kappa shape index (κ1) is 12.3. The number of sulfonamides is 1. The SMILES string of the molecule is CCC1CCN(S(=O)(=O)c2ccc(N)nc2)C1. The maximum Gasteiger partial charge on any atom is 0.244 e. The van der Waals surface area contributed by atoms with Gasteiger partial charge < -0.3 is 5.73 Å². The molecule has 0 aromatic carbocycles. The van der Waals surface area contributed by atoms with Crippen LogP contribution in [-0.2, 0) is 10.0 Å². The van der Waals surface area contributed by atoms with E-state index in [-0.39, 0.29) is 4.90 Å². The Morgan fingerprint density at radius 2 is 2.29 bits per heavy atom. The van der Waals surface area contributed by atoms with Crippen LogP contribution in [0.15, 0.2) is 23.2 Å². The van der Waals surface area contributed by atoms with Crippen LogP contribution in [-0.4, -0.2) is 30.8 Å². The van der Waals surface area contributed by atoms with Gasteiger partial charge in [-0.1, -0.05) is 13.3 Å². The Balaban J connectivity index is 2.22. The van der Waals surface area contributed by atoms with Gasteiger partial charge in [-0.05, 0) is 24.5 Å². The van der Waals surface area contributed by atoms with Crippen LogP contribution in [0.25, 0.3) is 0 Å². The second kappa shape index (κ2) is 4.62. The summed E-state index contributed by atoms with van der Waals surface area (Å²) >= 11 is 0. The zero-order valence-electron chi connectivity index (χ0n) is 9.83. The number of hydrogen-bond donors (Lipinski definition) is 1. The van der Waals surface area contributed by atoms with Crippen LogP contribution >= 0.6 is 0 Å². The zero-order valence-corrected chi connectivity index (χ0v) is 10.7. The van der Waals surface area contributed by atoms with Crippen LogP contribution in [0.4, 0.5) is 5.82 Å². The molecule has 1 fully saturated rings. The van der Waals surface area contributed by atoms with Gasteiger partial charge in [0.2, 0.25) is 10.0 Å². The third-order valence-electron chi connectivity index (χ3n) is 3.22. The van der Waals surface area contributed by atoms with Crippen LogP contribution < -0.4 is 5.73 Å². The number of anilines is 1. The van der Waals surface area contributed by atoms with Gasteiger partial charge in [0, 0.05) is 19.3 Å². The summed E-state index contributed by atoms with van der Waals surface area (Å²) in [5.74, 6) is 0.809. The van der Waals surface area contributed by atoms with Crippen molar-refractivity contribution >= 4 is 15.8 Å². The molecule has 1 atom stereocenters. The highest BCUT2D eigenvalue weighted by Gasteiger charge is 2.31. The highest BCUT2D eigenvalue weighted by atomic mass is 32.2. The first-order valence-corrected chi connectivity index (χ1v) is 7.19. The molecule has 0 saturated carbocycles. The molecule has 1 aliphatic heterocycles. The molecule has 1 unspecified atom stereocenters. The molecule has 0 spiro atoms. The third kappa shape index (κ3) is 2.42. The Morgan fingerprint density at radius 3 is 2.82 bits per heavy atom. The summed E-state index contributed by atoms with van der Waals surface area (Å²) in [6.45, 7) is 3.31. The Kier molecular flexibility index (Phi) is 3.35. The molecule has 94 valence electrons. The van der Waals surface area contributed by atoms with Gasteiger partial charge in [0.25, 0.3) is 0 Å². The van der Waals surface area contributed by atoms with Crippen LogP contribution in [0.5, 0.6) is 0 Å². The Morgan fingerprint density at radius 1 is 1.53 bits per heavy atom. The standard InChI is InChI=1S/C11H17N3O2S/c1-2-9-5-6-14(8-9)17(15,16)10-3-4-11(12)13-7-10/h3-4,7,9H,2,5-6,8H2,1H3,(H2,12,13). The van der Waals surface area contributed by atoms with Crippen molar-refractivity contribution in [1.29, 1.82) is 0 Å². The molecule has 17 heavy (non-hydrogen) atoms. The zero-order chi connectivity index (χ0) is 12.5. The second-order valence-corrected chi connectivity index (χ2v) is 6.28. The smallest absolute Gasteiger partial charge is 0.244 e. The van der Waals surface area contributed by atoms with Gasteiger partial charge in [0.15, 0.2) is 0 Å². The summed E-state index contributed by atoms with van der Waals surface area (Å²) in [7, 11) is -3.38. The summed E-state index contributed by atoms with van der Waals surface area (Å²) < 4.78 is 26.0. The van der Waals surface area contributed by atoms with E-state index in [1.54, 1.807) is 0 Å². The van der Waals surface area contributed by atoms with E-state index in [0.29, 0.717) is 24.8 Å². The van der Waals surface area contributed by atoms with E-state index in [0.717, 1.165) is 12.8 Å². The maximum atomic E-state index is 12.3. The summed E-state index contributed by atoms with van der Waals surface area (Å²) in [5.41, 5.74) is 5.45. The number of pyridine rings is 1. The fourth-order valence-electron chi connectivity index (χ4n) is 2.04. The molecule has 5 nitrogen and oxygen atoms in total. The van der Waals surface area contributed by atoms with Crippen molar-refractivity contribution < 1.29 is 8.42 Å². The molecular weight excluding hydrogens is 238 g/mol. The van der Waals surface area contributed by atoms with Crippen molar-refractivity contribution in [2.24, 2.45) is 5.92 Å². The number of hydrogen-bond acceptors (Lipinski definition) is 4. The average molecular weight is 255 g/mol. The normalized spacial score (nSPS) is 21.8. The number of nitrogens with zero attached hydrogens (tertiary/aromatic N) is 2. The van der Waals surface area contributed by atoms with Crippen molar-refractivity contribution in [1.82, 2.24) is 9.29 Å². The molecule has 2 rings (SSSR count). The van der Waals surface area contributed by atoms with E-state index in [4.69, 9.17) is 5.73 Å². The van der Waals surface area contributed by atoms with Gasteiger partial charge in [-0.25, -0.2) is 13.4 Å². The molecule has 1 saturated heterocycles. The summed E-state index contributed by atoms with van der Waals surface area (Å²) in [6.07, 6.45) is 3.29. The highest BCUT2D eigenvalue weighted by Crippen LogP contribution is 2.25. The lowest BCUT2D eigenvalue weighted by atomic mass is 10.1. The second-order valence-electron chi connectivity index (χ2n) is 4.34. The van der Waals surface area contributed by atoms with Crippen molar-refractivity contribution in [3.63, 3.8) is 0 Å². The summed E-state index contributed by atoms with van der Waals surface area (Å²) in [6, 6.07) is 3.02. The maximum absolute atomic E-state index is 12.3. The van der Waals surface area contributed by atoms with Gasteiger partial charge in [-0.15, -0.1) is 0 Å².